The van der Waals surface area contributed by atoms with Crippen LogP contribution in [0, 0.1) is 13.8 Å². The largest absolute Gasteiger partial charge is 0.320 e. The number of amides is 1. The first-order chi connectivity index (χ1) is 13.0. The number of aromatic nitrogens is 2. The van der Waals surface area contributed by atoms with Crippen molar-refractivity contribution in [2.24, 2.45) is 7.05 Å². The zero-order valence-corrected chi connectivity index (χ0v) is 15.9. The van der Waals surface area contributed by atoms with Gasteiger partial charge in [-0.15, -0.1) is 0 Å². The Hall–Kier alpha value is -2.95. The van der Waals surface area contributed by atoms with Gasteiger partial charge >= 0.3 is 0 Å². The quantitative estimate of drug-likeness (QED) is 0.757. The topological polar surface area (TPSA) is 64.0 Å². The number of carbonyl (C=O) groups is 1. The first kappa shape index (κ1) is 17.5. The van der Waals surface area contributed by atoms with Gasteiger partial charge < -0.3 is 9.88 Å². The van der Waals surface area contributed by atoms with Crippen LogP contribution in [0.1, 0.15) is 45.6 Å². The number of nitrogens with zero attached hydrogens (tertiary/aromatic N) is 2. The number of benzene rings is 2. The second kappa shape index (κ2) is 6.65. The highest BCUT2D eigenvalue weighted by Crippen LogP contribution is 2.28. The standard InChI is InChI=1S/C22H23N3O2/c1-13-11-18-19(12-14(13)2)25(3)22(27)20(23-18)21(26)24-17-10-6-8-15-7-4-5-9-16(15)17/h6,8,10-12H,4-5,7,9H2,1-3H3,(H,24,26). The van der Waals surface area contributed by atoms with E-state index in [1.807, 2.05) is 38.1 Å². The number of fused-ring (bicyclic) bond motifs is 2. The van der Waals surface area contributed by atoms with Crippen molar-refractivity contribution in [3.8, 4) is 0 Å². The number of carbonyl (C=O) groups excluding carboxylic acids is 1. The van der Waals surface area contributed by atoms with Crippen LogP contribution in [0.3, 0.4) is 0 Å². The number of aryl methyl sites for hydroxylation is 4. The SMILES string of the molecule is Cc1cc2nc(C(=O)Nc3cccc4c3CCCC4)c(=O)n(C)c2cc1C. The second-order valence-electron chi connectivity index (χ2n) is 7.35. The average Bonchev–Trinajstić information content (AvgIpc) is 2.66. The molecule has 1 N–H and O–H groups in total. The van der Waals surface area contributed by atoms with Crippen LogP contribution in [0.5, 0.6) is 0 Å². The van der Waals surface area contributed by atoms with Crippen molar-refractivity contribution in [3.63, 3.8) is 0 Å². The van der Waals surface area contributed by atoms with E-state index in [-0.39, 0.29) is 11.3 Å². The molecule has 1 amide bonds. The first-order valence-electron chi connectivity index (χ1n) is 9.36. The molecule has 1 heterocycles. The van der Waals surface area contributed by atoms with Crippen LogP contribution < -0.4 is 10.9 Å². The van der Waals surface area contributed by atoms with Crippen LogP contribution in [-0.4, -0.2) is 15.5 Å². The predicted molar refractivity (Wildman–Crippen MR) is 107 cm³/mol. The van der Waals surface area contributed by atoms with Crippen molar-refractivity contribution in [2.75, 3.05) is 5.32 Å². The van der Waals surface area contributed by atoms with Crippen molar-refractivity contribution in [3.05, 3.63) is 68.6 Å². The van der Waals surface area contributed by atoms with Gasteiger partial charge in [0, 0.05) is 12.7 Å². The van der Waals surface area contributed by atoms with E-state index in [9.17, 15) is 9.59 Å². The molecule has 0 saturated carbocycles. The number of hydrogen-bond acceptors (Lipinski definition) is 3. The Morgan fingerprint density at radius 2 is 1.85 bits per heavy atom. The first-order valence-corrected chi connectivity index (χ1v) is 9.36. The number of nitrogens with one attached hydrogen (secondary N) is 1. The highest BCUT2D eigenvalue weighted by Gasteiger charge is 2.19. The molecule has 0 fully saturated rings. The van der Waals surface area contributed by atoms with Crippen LogP contribution >= 0.6 is 0 Å². The number of anilines is 1. The highest BCUT2D eigenvalue weighted by atomic mass is 16.2. The summed E-state index contributed by atoms with van der Waals surface area (Å²) in [5, 5.41) is 2.93. The Labute approximate surface area is 158 Å². The van der Waals surface area contributed by atoms with E-state index in [1.165, 1.54) is 22.1 Å². The smallest absolute Gasteiger partial charge is 0.282 e. The van der Waals surface area contributed by atoms with Crippen molar-refractivity contribution < 1.29 is 4.79 Å². The lowest BCUT2D eigenvalue weighted by molar-refractivity contribution is 0.102. The van der Waals surface area contributed by atoms with E-state index in [0.717, 1.165) is 41.6 Å². The molecule has 0 aliphatic heterocycles. The molecular formula is C22H23N3O2. The normalized spacial score (nSPS) is 13.4. The summed E-state index contributed by atoms with van der Waals surface area (Å²) in [6.45, 7) is 4.00. The summed E-state index contributed by atoms with van der Waals surface area (Å²) in [6, 6.07) is 9.83. The minimum absolute atomic E-state index is 0.0679. The minimum Gasteiger partial charge on any atom is -0.320 e. The zero-order valence-electron chi connectivity index (χ0n) is 15.9. The highest BCUT2D eigenvalue weighted by molar-refractivity contribution is 6.04. The van der Waals surface area contributed by atoms with Gasteiger partial charge in [0.15, 0.2) is 5.69 Å². The lowest BCUT2D eigenvalue weighted by atomic mass is 9.90. The van der Waals surface area contributed by atoms with Crippen LogP contribution in [0.25, 0.3) is 11.0 Å². The van der Waals surface area contributed by atoms with E-state index in [4.69, 9.17) is 0 Å². The summed E-state index contributed by atoms with van der Waals surface area (Å²) >= 11 is 0. The maximum absolute atomic E-state index is 12.9. The molecule has 0 atom stereocenters. The molecule has 1 aromatic heterocycles. The molecule has 5 nitrogen and oxygen atoms in total. The van der Waals surface area contributed by atoms with Gasteiger partial charge in [-0.1, -0.05) is 12.1 Å². The molecule has 0 unspecified atom stereocenters. The molecule has 0 saturated heterocycles. The van der Waals surface area contributed by atoms with Gasteiger partial charge in [0.25, 0.3) is 11.5 Å². The van der Waals surface area contributed by atoms with Crippen molar-refractivity contribution in [1.29, 1.82) is 0 Å². The molecule has 1 aliphatic rings. The van der Waals surface area contributed by atoms with Crippen LogP contribution in [0.15, 0.2) is 35.1 Å². The molecule has 1 aliphatic carbocycles. The fraction of sp³-hybridized carbons (Fsp3) is 0.318. The summed E-state index contributed by atoms with van der Waals surface area (Å²) in [5.74, 6) is -0.449. The summed E-state index contributed by atoms with van der Waals surface area (Å²) < 4.78 is 1.50. The minimum atomic E-state index is -0.449. The number of hydrogen-bond donors (Lipinski definition) is 1. The third-order valence-electron chi connectivity index (χ3n) is 5.55. The average molecular weight is 361 g/mol. The predicted octanol–water partition coefficient (Wildman–Crippen LogP) is 3.68. The summed E-state index contributed by atoms with van der Waals surface area (Å²) in [6.07, 6.45) is 4.28. The second-order valence-corrected chi connectivity index (χ2v) is 7.35. The van der Waals surface area contributed by atoms with Gasteiger partial charge in [-0.05, 0) is 80.0 Å². The van der Waals surface area contributed by atoms with E-state index < -0.39 is 5.91 Å². The zero-order chi connectivity index (χ0) is 19.1. The van der Waals surface area contributed by atoms with Gasteiger partial charge in [0.1, 0.15) is 0 Å². The monoisotopic (exact) mass is 361 g/mol. The molecule has 4 rings (SSSR count). The van der Waals surface area contributed by atoms with E-state index in [2.05, 4.69) is 16.4 Å². The van der Waals surface area contributed by atoms with E-state index >= 15 is 0 Å². The summed E-state index contributed by atoms with van der Waals surface area (Å²) in [7, 11) is 1.68. The van der Waals surface area contributed by atoms with Crippen LogP contribution in [0.4, 0.5) is 5.69 Å². The Balaban J connectivity index is 1.77. The van der Waals surface area contributed by atoms with E-state index in [0.29, 0.717) is 5.52 Å². The molecule has 3 aromatic rings. The lowest BCUT2D eigenvalue weighted by Crippen LogP contribution is -2.30. The summed E-state index contributed by atoms with van der Waals surface area (Å²) in [5.41, 5.74) is 6.36. The Morgan fingerprint density at radius 3 is 2.67 bits per heavy atom. The van der Waals surface area contributed by atoms with Gasteiger partial charge in [0.2, 0.25) is 0 Å². The molecule has 27 heavy (non-hydrogen) atoms. The molecule has 2 aromatic carbocycles. The van der Waals surface area contributed by atoms with Crippen molar-refractivity contribution in [2.45, 2.75) is 39.5 Å². The van der Waals surface area contributed by atoms with Crippen LogP contribution in [-0.2, 0) is 19.9 Å². The summed E-state index contributed by atoms with van der Waals surface area (Å²) in [4.78, 5) is 30.0. The maximum Gasteiger partial charge on any atom is 0.282 e. The van der Waals surface area contributed by atoms with Crippen molar-refractivity contribution in [1.82, 2.24) is 9.55 Å². The fourth-order valence-electron chi connectivity index (χ4n) is 3.81. The Morgan fingerprint density at radius 1 is 1.11 bits per heavy atom. The molecule has 0 radical (unpaired) electrons. The molecule has 0 spiro atoms. The molecule has 5 heteroatoms. The lowest BCUT2D eigenvalue weighted by Gasteiger charge is -2.19. The van der Waals surface area contributed by atoms with Crippen LogP contribution in [0.2, 0.25) is 0 Å². The third kappa shape index (κ3) is 3.03. The fourth-order valence-corrected chi connectivity index (χ4v) is 3.81. The Bertz CT molecular complexity index is 1130. The Kier molecular flexibility index (Phi) is 4.30. The van der Waals surface area contributed by atoms with Gasteiger partial charge in [-0.3, -0.25) is 9.59 Å². The molecular weight excluding hydrogens is 338 g/mol. The van der Waals surface area contributed by atoms with Gasteiger partial charge in [-0.25, -0.2) is 4.98 Å². The van der Waals surface area contributed by atoms with E-state index in [1.54, 1.807) is 7.05 Å². The van der Waals surface area contributed by atoms with Gasteiger partial charge in [0.05, 0.1) is 11.0 Å². The molecule has 138 valence electrons. The maximum atomic E-state index is 12.9. The van der Waals surface area contributed by atoms with Crippen molar-refractivity contribution >= 4 is 22.6 Å². The van der Waals surface area contributed by atoms with Gasteiger partial charge in [-0.2, -0.15) is 0 Å². The third-order valence-corrected chi connectivity index (χ3v) is 5.55. The molecule has 0 bridgehead atoms. The number of rotatable bonds is 2.